The highest BCUT2D eigenvalue weighted by Crippen LogP contribution is 2.13. The SMILES string of the molecule is C=CC[C@H]1COC/C1=N/O. The third-order valence-corrected chi connectivity index (χ3v) is 1.62. The van der Waals surface area contributed by atoms with Gasteiger partial charge in [-0.25, -0.2) is 0 Å². The normalized spacial score (nSPS) is 29.2. The van der Waals surface area contributed by atoms with Crippen molar-refractivity contribution in [3.05, 3.63) is 12.7 Å². The van der Waals surface area contributed by atoms with Gasteiger partial charge in [0.15, 0.2) is 0 Å². The number of hydrogen-bond donors (Lipinski definition) is 1. The number of oxime groups is 1. The Hall–Kier alpha value is -0.830. The van der Waals surface area contributed by atoms with Crippen molar-refractivity contribution in [2.75, 3.05) is 13.2 Å². The fourth-order valence-electron chi connectivity index (χ4n) is 1.04. The van der Waals surface area contributed by atoms with E-state index in [0.717, 1.165) is 12.1 Å². The van der Waals surface area contributed by atoms with Gasteiger partial charge in [0.1, 0.15) is 0 Å². The van der Waals surface area contributed by atoms with Gasteiger partial charge in [0.05, 0.1) is 18.9 Å². The Balaban J connectivity index is 2.50. The lowest BCUT2D eigenvalue weighted by molar-refractivity contribution is 0.190. The number of rotatable bonds is 2. The van der Waals surface area contributed by atoms with Gasteiger partial charge in [-0.05, 0) is 6.42 Å². The summed E-state index contributed by atoms with van der Waals surface area (Å²) < 4.78 is 5.07. The second-order valence-electron chi connectivity index (χ2n) is 2.33. The molecule has 1 atom stereocenters. The maximum atomic E-state index is 8.44. The Morgan fingerprint density at radius 2 is 2.70 bits per heavy atom. The molecule has 1 aliphatic rings. The van der Waals surface area contributed by atoms with Crippen LogP contribution in [0.4, 0.5) is 0 Å². The average molecular weight is 141 g/mol. The molecule has 0 spiro atoms. The first-order valence-electron chi connectivity index (χ1n) is 3.28. The topological polar surface area (TPSA) is 41.8 Å². The number of allylic oxidation sites excluding steroid dienone is 1. The molecule has 1 heterocycles. The second kappa shape index (κ2) is 3.37. The maximum Gasteiger partial charge on any atom is 0.0886 e. The first-order chi connectivity index (χ1) is 4.88. The first-order valence-corrected chi connectivity index (χ1v) is 3.28. The van der Waals surface area contributed by atoms with E-state index in [0.29, 0.717) is 13.2 Å². The van der Waals surface area contributed by atoms with E-state index in [1.165, 1.54) is 0 Å². The van der Waals surface area contributed by atoms with Crippen molar-refractivity contribution in [3.8, 4) is 0 Å². The van der Waals surface area contributed by atoms with E-state index < -0.39 is 0 Å². The van der Waals surface area contributed by atoms with Crippen LogP contribution in [0.1, 0.15) is 6.42 Å². The van der Waals surface area contributed by atoms with Crippen LogP contribution < -0.4 is 0 Å². The standard InChI is InChI=1S/C7H11NO2/c1-2-3-6-4-10-5-7(6)8-9/h2,6,9H,1,3-5H2/b8-7-/t6-/m0/s1. The Morgan fingerprint density at radius 1 is 1.90 bits per heavy atom. The molecule has 0 unspecified atom stereocenters. The van der Waals surface area contributed by atoms with Gasteiger partial charge in [-0.15, -0.1) is 6.58 Å². The lowest BCUT2D eigenvalue weighted by Crippen LogP contribution is -2.10. The Labute approximate surface area is 60.0 Å². The van der Waals surface area contributed by atoms with Gasteiger partial charge in [0.2, 0.25) is 0 Å². The number of nitrogens with zero attached hydrogens (tertiary/aromatic N) is 1. The minimum atomic E-state index is 0.252. The van der Waals surface area contributed by atoms with Crippen LogP contribution in [0.5, 0.6) is 0 Å². The first kappa shape index (κ1) is 7.28. The van der Waals surface area contributed by atoms with E-state index in [2.05, 4.69) is 11.7 Å². The third-order valence-electron chi connectivity index (χ3n) is 1.62. The van der Waals surface area contributed by atoms with Crippen molar-refractivity contribution in [1.82, 2.24) is 0 Å². The van der Waals surface area contributed by atoms with Crippen molar-refractivity contribution in [2.24, 2.45) is 11.1 Å². The predicted molar refractivity (Wildman–Crippen MR) is 38.3 cm³/mol. The van der Waals surface area contributed by atoms with Crippen molar-refractivity contribution < 1.29 is 9.94 Å². The van der Waals surface area contributed by atoms with Crippen molar-refractivity contribution >= 4 is 5.71 Å². The molecule has 1 fully saturated rings. The summed E-state index contributed by atoms with van der Waals surface area (Å²) in [7, 11) is 0. The van der Waals surface area contributed by atoms with Gasteiger partial charge in [-0.1, -0.05) is 11.2 Å². The molecule has 1 saturated heterocycles. The van der Waals surface area contributed by atoms with Crippen LogP contribution in [0.3, 0.4) is 0 Å². The van der Waals surface area contributed by atoms with Crippen LogP contribution in [0.15, 0.2) is 17.8 Å². The third kappa shape index (κ3) is 1.36. The molecule has 1 aliphatic heterocycles. The summed E-state index contributed by atoms with van der Waals surface area (Å²) >= 11 is 0. The van der Waals surface area contributed by atoms with E-state index in [1.807, 2.05) is 6.08 Å². The Bertz CT molecular complexity index is 154. The van der Waals surface area contributed by atoms with E-state index in [4.69, 9.17) is 9.94 Å². The van der Waals surface area contributed by atoms with E-state index >= 15 is 0 Å². The van der Waals surface area contributed by atoms with Crippen LogP contribution in [0.25, 0.3) is 0 Å². The molecule has 0 saturated carbocycles. The average Bonchev–Trinajstić information content (AvgIpc) is 2.36. The molecule has 1 N–H and O–H groups in total. The van der Waals surface area contributed by atoms with Crippen molar-refractivity contribution in [1.29, 1.82) is 0 Å². The zero-order valence-corrected chi connectivity index (χ0v) is 5.79. The summed E-state index contributed by atoms with van der Waals surface area (Å²) in [5.41, 5.74) is 0.736. The zero-order valence-electron chi connectivity index (χ0n) is 5.79. The molecule has 10 heavy (non-hydrogen) atoms. The Morgan fingerprint density at radius 3 is 3.30 bits per heavy atom. The molecule has 0 amide bonds. The minimum absolute atomic E-state index is 0.252. The minimum Gasteiger partial charge on any atom is -0.411 e. The van der Waals surface area contributed by atoms with E-state index in [1.54, 1.807) is 0 Å². The highest BCUT2D eigenvalue weighted by molar-refractivity contribution is 5.89. The fourth-order valence-corrected chi connectivity index (χ4v) is 1.04. The van der Waals surface area contributed by atoms with Gasteiger partial charge >= 0.3 is 0 Å². The van der Waals surface area contributed by atoms with Gasteiger partial charge in [0.25, 0.3) is 0 Å². The fraction of sp³-hybridized carbons (Fsp3) is 0.571. The lowest BCUT2D eigenvalue weighted by Gasteiger charge is -2.01. The lowest BCUT2D eigenvalue weighted by atomic mass is 10.0. The molecule has 0 aromatic heterocycles. The van der Waals surface area contributed by atoms with Gasteiger partial charge < -0.3 is 9.94 Å². The molecule has 0 radical (unpaired) electrons. The monoisotopic (exact) mass is 141 g/mol. The summed E-state index contributed by atoms with van der Waals surface area (Å²) in [6, 6.07) is 0. The molecule has 56 valence electrons. The van der Waals surface area contributed by atoms with Crippen LogP contribution in [-0.2, 0) is 4.74 Å². The Kier molecular flexibility index (Phi) is 2.45. The molecule has 0 bridgehead atoms. The number of hydrogen-bond acceptors (Lipinski definition) is 3. The molecular formula is C7H11NO2. The van der Waals surface area contributed by atoms with E-state index in [9.17, 15) is 0 Å². The smallest absolute Gasteiger partial charge is 0.0886 e. The summed E-state index contributed by atoms with van der Waals surface area (Å²) in [6.07, 6.45) is 2.64. The summed E-state index contributed by atoms with van der Waals surface area (Å²) in [4.78, 5) is 0. The van der Waals surface area contributed by atoms with Crippen molar-refractivity contribution in [3.63, 3.8) is 0 Å². The largest absolute Gasteiger partial charge is 0.411 e. The van der Waals surface area contributed by atoms with Crippen LogP contribution in [0, 0.1) is 5.92 Å². The molecular weight excluding hydrogens is 130 g/mol. The van der Waals surface area contributed by atoms with Gasteiger partial charge in [-0.2, -0.15) is 0 Å². The second-order valence-corrected chi connectivity index (χ2v) is 2.33. The van der Waals surface area contributed by atoms with Crippen LogP contribution in [0.2, 0.25) is 0 Å². The molecule has 0 aliphatic carbocycles. The maximum absolute atomic E-state index is 8.44. The van der Waals surface area contributed by atoms with Crippen LogP contribution in [-0.4, -0.2) is 24.1 Å². The van der Waals surface area contributed by atoms with Crippen LogP contribution >= 0.6 is 0 Å². The highest BCUT2D eigenvalue weighted by Gasteiger charge is 2.22. The number of ether oxygens (including phenoxy) is 1. The summed E-state index contributed by atoms with van der Waals surface area (Å²) in [6.45, 7) is 4.73. The molecule has 3 nitrogen and oxygen atoms in total. The predicted octanol–water partition coefficient (Wildman–Crippen LogP) is 1.04. The molecule has 1 rings (SSSR count). The van der Waals surface area contributed by atoms with Crippen molar-refractivity contribution in [2.45, 2.75) is 6.42 Å². The highest BCUT2D eigenvalue weighted by atomic mass is 16.5. The quantitative estimate of drug-likeness (QED) is 0.354. The van der Waals surface area contributed by atoms with Gasteiger partial charge in [0, 0.05) is 5.92 Å². The summed E-state index contributed by atoms with van der Waals surface area (Å²) in [5.74, 6) is 0.252. The molecule has 0 aromatic carbocycles. The molecule has 3 heteroatoms. The molecule has 0 aromatic rings. The van der Waals surface area contributed by atoms with E-state index in [-0.39, 0.29) is 5.92 Å². The van der Waals surface area contributed by atoms with Gasteiger partial charge in [-0.3, -0.25) is 0 Å². The summed E-state index contributed by atoms with van der Waals surface area (Å²) in [5, 5.41) is 11.6. The zero-order chi connectivity index (χ0) is 7.40.